The quantitative estimate of drug-likeness (QED) is 0.311. The number of morpholine rings is 1. The van der Waals surface area contributed by atoms with Crippen LogP contribution in [-0.2, 0) is 26.0 Å². The summed E-state index contributed by atoms with van der Waals surface area (Å²) in [5, 5.41) is 0. The highest BCUT2D eigenvalue weighted by atomic mass is 32.2. The van der Waals surface area contributed by atoms with Crippen LogP contribution in [0.5, 0.6) is 5.75 Å². The molecular formula is C23H28N2O7S. The summed E-state index contributed by atoms with van der Waals surface area (Å²) in [6.45, 7) is 8.51. The molecule has 3 rings (SSSR count). The molecule has 1 aliphatic heterocycles. The molecule has 2 heterocycles. The van der Waals surface area contributed by atoms with E-state index in [2.05, 4.69) is 6.58 Å². The van der Waals surface area contributed by atoms with Gasteiger partial charge in [0.1, 0.15) is 10.6 Å². The first kappa shape index (κ1) is 24.7. The van der Waals surface area contributed by atoms with Crippen molar-refractivity contribution in [1.29, 1.82) is 0 Å². The van der Waals surface area contributed by atoms with E-state index in [0.717, 1.165) is 11.4 Å². The molecule has 0 unspecified atom stereocenters. The third kappa shape index (κ3) is 5.18. The van der Waals surface area contributed by atoms with Crippen molar-refractivity contribution in [3.05, 3.63) is 59.4 Å². The zero-order chi connectivity index (χ0) is 24.2. The summed E-state index contributed by atoms with van der Waals surface area (Å²) in [5.74, 6) is -1.03. The van der Waals surface area contributed by atoms with Crippen molar-refractivity contribution < 1.29 is 32.2 Å². The summed E-state index contributed by atoms with van der Waals surface area (Å²) < 4.78 is 45.0. The molecule has 0 saturated carbocycles. The Bertz CT molecular complexity index is 1160. The Morgan fingerprint density at radius 2 is 1.88 bits per heavy atom. The van der Waals surface area contributed by atoms with E-state index < -0.39 is 22.6 Å². The predicted octanol–water partition coefficient (Wildman–Crippen LogP) is 2.36. The molecule has 0 spiro atoms. The summed E-state index contributed by atoms with van der Waals surface area (Å²) in [5.41, 5.74) is 2.13. The number of ether oxygens (including phenoxy) is 3. The number of carbonyl (C=O) groups is 2. The minimum atomic E-state index is -3.91. The predicted molar refractivity (Wildman–Crippen MR) is 121 cm³/mol. The number of esters is 1. The van der Waals surface area contributed by atoms with Crippen LogP contribution in [0.2, 0.25) is 0 Å². The molecular weight excluding hydrogens is 448 g/mol. The van der Waals surface area contributed by atoms with Gasteiger partial charge in [-0.2, -0.15) is 4.31 Å². The fraction of sp³-hybridized carbons (Fsp3) is 0.391. The minimum Gasteiger partial charge on any atom is -0.495 e. The van der Waals surface area contributed by atoms with Crippen LogP contribution < -0.4 is 4.74 Å². The summed E-state index contributed by atoms with van der Waals surface area (Å²) in [7, 11) is -2.55. The molecule has 10 heteroatoms. The number of ketones is 1. The first-order valence-electron chi connectivity index (χ1n) is 10.4. The molecule has 1 aromatic heterocycles. The number of carbonyl (C=O) groups excluding carboxylic acids is 2. The van der Waals surface area contributed by atoms with Crippen molar-refractivity contribution in [2.24, 2.45) is 0 Å². The molecule has 1 fully saturated rings. The molecule has 0 aliphatic carbocycles. The number of aryl methyl sites for hydroxylation is 1. The fourth-order valence-corrected chi connectivity index (χ4v) is 5.31. The molecule has 0 amide bonds. The third-order valence-electron chi connectivity index (χ3n) is 5.51. The number of hydrogen-bond donors (Lipinski definition) is 0. The normalized spacial score (nSPS) is 14.6. The monoisotopic (exact) mass is 476 g/mol. The van der Waals surface area contributed by atoms with Gasteiger partial charge in [0, 0.05) is 36.6 Å². The van der Waals surface area contributed by atoms with Crippen LogP contribution in [-0.4, -0.2) is 69.1 Å². The fourth-order valence-electron chi connectivity index (χ4n) is 3.72. The van der Waals surface area contributed by atoms with Crippen molar-refractivity contribution in [2.75, 3.05) is 40.0 Å². The van der Waals surface area contributed by atoms with E-state index in [1.165, 1.54) is 29.6 Å². The van der Waals surface area contributed by atoms with Crippen LogP contribution >= 0.6 is 0 Å². The second-order valence-corrected chi connectivity index (χ2v) is 9.47. The second kappa shape index (κ2) is 10.3. The number of allylic oxidation sites excluding steroid dienone is 1. The van der Waals surface area contributed by atoms with Gasteiger partial charge in [-0.1, -0.05) is 6.08 Å². The minimum absolute atomic E-state index is 0.00700. The second-order valence-electron chi connectivity index (χ2n) is 7.57. The SMILES string of the molecule is C=CCn1c(C)cc(C(=O)COC(=O)c2ccc(OC)c(S(=O)(=O)N3CCOCC3)c2)c1C. The molecule has 0 radical (unpaired) electrons. The maximum absolute atomic E-state index is 13.1. The van der Waals surface area contributed by atoms with Gasteiger partial charge in [0.05, 0.1) is 25.9 Å². The number of nitrogens with zero attached hydrogens (tertiary/aromatic N) is 2. The van der Waals surface area contributed by atoms with Crippen LogP contribution in [0.4, 0.5) is 0 Å². The zero-order valence-corrected chi connectivity index (χ0v) is 19.8. The lowest BCUT2D eigenvalue weighted by Crippen LogP contribution is -2.40. The summed E-state index contributed by atoms with van der Waals surface area (Å²) in [4.78, 5) is 25.1. The van der Waals surface area contributed by atoms with Gasteiger partial charge in [0.2, 0.25) is 15.8 Å². The maximum atomic E-state index is 13.1. The van der Waals surface area contributed by atoms with Crippen molar-refractivity contribution in [1.82, 2.24) is 8.87 Å². The standard InChI is InChI=1S/C23H28N2O7S/c1-5-8-25-16(2)13-19(17(25)3)20(26)15-32-23(27)18-6-7-21(30-4)22(14-18)33(28,29)24-9-11-31-12-10-24/h5-7,13-14H,1,8-12,15H2,2-4H3. The van der Waals surface area contributed by atoms with Gasteiger partial charge in [0.25, 0.3) is 0 Å². The van der Waals surface area contributed by atoms with Crippen LogP contribution in [0.25, 0.3) is 0 Å². The maximum Gasteiger partial charge on any atom is 0.338 e. The van der Waals surface area contributed by atoms with E-state index in [4.69, 9.17) is 14.2 Å². The van der Waals surface area contributed by atoms with Gasteiger partial charge >= 0.3 is 5.97 Å². The third-order valence-corrected chi connectivity index (χ3v) is 7.43. The Labute approximate surface area is 193 Å². The molecule has 1 aliphatic rings. The number of sulfonamides is 1. The van der Waals surface area contributed by atoms with Crippen LogP contribution in [0.1, 0.15) is 32.1 Å². The molecule has 9 nitrogen and oxygen atoms in total. The van der Waals surface area contributed by atoms with E-state index >= 15 is 0 Å². The van der Waals surface area contributed by atoms with Gasteiger partial charge in [-0.25, -0.2) is 13.2 Å². The summed E-state index contributed by atoms with van der Waals surface area (Å²) >= 11 is 0. The number of aromatic nitrogens is 1. The van der Waals surface area contributed by atoms with Gasteiger partial charge in [-0.15, -0.1) is 6.58 Å². The Balaban J connectivity index is 1.78. The van der Waals surface area contributed by atoms with Crippen LogP contribution in [0.3, 0.4) is 0 Å². The Morgan fingerprint density at radius 3 is 2.52 bits per heavy atom. The molecule has 0 bridgehead atoms. The van der Waals surface area contributed by atoms with Crippen molar-refractivity contribution in [3.8, 4) is 5.75 Å². The van der Waals surface area contributed by atoms with Crippen molar-refractivity contribution in [2.45, 2.75) is 25.3 Å². The summed E-state index contributed by atoms with van der Waals surface area (Å²) in [6.07, 6.45) is 1.74. The van der Waals surface area contributed by atoms with Gasteiger partial charge in [-0.05, 0) is 38.1 Å². The highest BCUT2D eigenvalue weighted by Gasteiger charge is 2.30. The van der Waals surface area contributed by atoms with Crippen molar-refractivity contribution >= 4 is 21.8 Å². The molecule has 2 aromatic rings. The lowest BCUT2D eigenvalue weighted by molar-refractivity contribution is 0.0474. The van der Waals surface area contributed by atoms with Crippen molar-refractivity contribution in [3.63, 3.8) is 0 Å². The summed E-state index contributed by atoms with van der Waals surface area (Å²) in [6, 6.07) is 5.76. The Kier molecular flexibility index (Phi) is 7.72. The lowest BCUT2D eigenvalue weighted by Gasteiger charge is -2.26. The van der Waals surface area contributed by atoms with Crippen LogP contribution in [0, 0.1) is 13.8 Å². The highest BCUT2D eigenvalue weighted by Crippen LogP contribution is 2.29. The first-order chi connectivity index (χ1) is 15.7. The lowest BCUT2D eigenvalue weighted by atomic mass is 10.1. The molecule has 178 valence electrons. The smallest absolute Gasteiger partial charge is 0.338 e. The van der Waals surface area contributed by atoms with E-state index in [1.807, 2.05) is 18.4 Å². The van der Waals surface area contributed by atoms with Gasteiger partial charge in [-0.3, -0.25) is 4.79 Å². The highest BCUT2D eigenvalue weighted by molar-refractivity contribution is 7.89. The number of hydrogen-bond acceptors (Lipinski definition) is 7. The number of rotatable bonds is 9. The molecule has 33 heavy (non-hydrogen) atoms. The van der Waals surface area contributed by atoms with E-state index in [0.29, 0.717) is 25.3 Å². The average Bonchev–Trinajstić information content (AvgIpc) is 3.11. The number of Topliss-reactive ketones (excluding diaryl/α,β-unsaturated/α-hetero) is 1. The van der Waals surface area contributed by atoms with Crippen LogP contribution in [0.15, 0.2) is 41.8 Å². The molecule has 1 saturated heterocycles. The average molecular weight is 477 g/mol. The largest absolute Gasteiger partial charge is 0.495 e. The molecule has 0 atom stereocenters. The van der Waals surface area contributed by atoms with E-state index in [9.17, 15) is 18.0 Å². The van der Waals surface area contributed by atoms with E-state index in [-0.39, 0.29) is 35.1 Å². The van der Waals surface area contributed by atoms with Gasteiger partial charge in [0.15, 0.2) is 6.61 Å². The topological polar surface area (TPSA) is 104 Å². The number of benzene rings is 1. The zero-order valence-electron chi connectivity index (χ0n) is 19.0. The molecule has 1 aromatic carbocycles. The number of methoxy groups -OCH3 is 1. The molecule has 0 N–H and O–H groups in total. The first-order valence-corrected chi connectivity index (χ1v) is 11.9. The van der Waals surface area contributed by atoms with E-state index in [1.54, 1.807) is 12.1 Å². The van der Waals surface area contributed by atoms with Gasteiger partial charge < -0.3 is 18.8 Å². The Morgan fingerprint density at radius 1 is 1.18 bits per heavy atom. The Hall–Kier alpha value is -2.95.